The van der Waals surface area contributed by atoms with E-state index in [4.69, 9.17) is 4.98 Å². The monoisotopic (exact) mass is 395 g/mol. The lowest BCUT2D eigenvalue weighted by atomic mass is 10.1. The van der Waals surface area contributed by atoms with Crippen molar-refractivity contribution in [3.63, 3.8) is 0 Å². The largest absolute Gasteiger partial charge is 0.350 e. The zero-order valence-electron chi connectivity index (χ0n) is 16.4. The number of anilines is 1. The number of thiazole rings is 1. The molecule has 1 saturated heterocycles. The highest BCUT2D eigenvalue weighted by Crippen LogP contribution is 2.20. The first-order chi connectivity index (χ1) is 13.6. The van der Waals surface area contributed by atoms with Gasteiger partial charge in [0.25, 0.3) is 0 Å². The van der Waals surface area contributed by atoms with Crippen LogP contribution in [-0.4, -0.2) is 22.0 Å². The van der Waals surface area contributed by atoms with Gasteiger partial charge in [-0.05, 0) is 31.2 Å². The van der Waals surface area contributed by atoms with Gasteiger partial charge in [0.15, 0.2) is 0 Å². The number of rotatable bonds is 6. The first-order valence-corrected chi connectivity index (χ1v) is 10.7. The third-order valence-corrected chi connectivity index (χ3v) is 6.38. The van der Waals surface area contributed by atoms with Gasteiger partial charge in [0.1, 0.15) is 23.3 Å². The topological polar surface area (TPSA) is 51.4 Å². The molecule has 0 spiro atoms. The van der Waals surface area contributed by atoms with Crippen LogP contribution in [0.15, 0.2) is 48.0 Å². The predicted octanol–water partition coefficient (Wildman–Crippen LogP) is 2.89. The maximum Gasteiger partial charge on any atom is 0.231 e. The van der Waals surface area contributed by atoms with Crippen LogP contribution in [0.2, 0.25) is 0 Å². The molecule has 146 valence electrons. The van der Waals surface area contributed by atoms with E-state index in [-0.39, 0.29) is 5.91 Å². The molecule has 2 aromatic heterocycles. The molecule has 2 atom stereocenters. The van der Waals surface area contributed by atoms with Crippen molar-refractivity contribution in [2.24, 2.45) is 7.05 Å². The van der Waals surface area contributed by atoms with Gasteiger partial charge in [-0.1, -0.05) is 17.7 Å². The summed E-state index contributed by atoms with van der Waals surface area (Å²) in [5.74, 6) is -0.0139. The van der Waals surface area contributed by atoms with E-state index < -0.39 is 0 Å². The maximum atomic E-state index is 12.3. The number of amides is 1. The number of nitrogens with one attached hydrogen (secondary N) is 2. The van der Waals surface area contributed by atoms with Crippen LogP contribution >= 0.6 is 11.3 Å². The Bertz CT molecular complexity index is 944. The molecule has 0 radical (unpaired) electrons. The molecule has 1 aliphatic heterocycles. The summed E-state index contributed by atoms with van der Waals surface area (Å²) in [5.41, 5.74) is 4.51. The smallest absolute Gasteiger partial charge is 0.231 e. The Labute approximate surface area is 170 Å². The summed E-state index contributed by atoms with van der Waals surface area (Å²) in [6, 6.07) is 12.8. The number of hydrogen-bond acceptors (Lipinski definition) is 3. The molecule has 1 aromatic carbocycles. The predicted molar refractivity (Wildman–Crippen MR) is 113 cm³/mol. The van der Waals surface area contributed by atoms with Gasteiger partial charge in [0.2, 0.25) is 5.91 Å². The highest BCUT2D eigenvalue weighted by atomic mass is 32.1. The normalized spacial score (nSPS) is 19.1. The Morgan fingerprint density at radius 3 is 2.89 bits per heavy atom. The lowest BCUT2D eigenvalue weighted by Gasteiger charge is -2.21. The molecule has 28 heavy (non-hydrogen) atoms. The highest BCUT2D eigenvalue weighted by Gasteiger charge is 2.32. The molecular weight excluding hydrogens is 368 g/mol. The third-order valence-electron chi connectivity index (χ3n) is 5.48. The second-order valence-corrected chi connectivity index (χ2v) is 8.59. The molecule has 4 rings (SSSR count). The Morgan fingerprint density at radius 2 is 2.14 bits per heavy atom. The molecule has 0 bridgehead atoms. The second kappa shape index (κ2) is 8.29. The van der Waals surface area contributed by atoms with Gasteiger partial charge in [0, 0.05) is 37.2 Å². The number of aromatic nitrogens is 2. The lowest BCUT2D eigenvalue weighted by Crippen LogP contribution is -3.09. The number of aryl methyl sites for hydroxylation is 2. The molecule has 1 fully saturated rings. The maximum absolute atomic E-state index is 12.3. The highest BCUT2D eigenvalue weighted by molar-refractivity contribution is 7.09. The third kappa shape index (κ3) is 4.34. The van der Waals surface area contributed by atoms with Crippen LogP contribution in [0.5, 0.6) is 0 Å². The van der Waals surface area contributed by atoms with E-state index in [2.05, 4.69) is 40.6 Å². The van der Waals surface area contributed by atoms with E-state index in [9.17, 15) is 4.79 Å². The number of carbonyl (C=O) groups excluding carboxylic acids is 1. The molecule has 0 aliphatic carbocycles. The summed E-state index contributed by atoms with van der Waals surface area (Å²) in [6.45, 7) is 4.13. The Kier molecular flexibility index (Phi) is 5.59. The number of nitrogens with zero attached hydrogens (tertiary/aromatic N) is 2. The second-order valence-electron chi connectivity index (χ2n) is 7.65. The molecule has 1 unspecified atom stereocenters. The van der Waals surface area contributed by atoms with Crippen LogP contribution in [0.25, 0.3) is 0 Å². The van der Waals surface area contributed by atoms with Crippen molar-refractivity contribution >= 4 is 22.9 Å². The van der Waals surface area contributed by atoms with E-state index in [1.54, 1.807) is 16.2 Å². The summed E-state index contributed by atoms with van der Waals surface area (Å²) >= 11 is 1.59. The summed E-state index contributed by atoms with van der Waals surface area (Å²) in [5, 5.41) is 5.95. The minimum atomic E-state index is -0.0139. The van der Waals surface area contributed by atoms with Crippen LogP contribution in [0.3, 0.4) is 0 Å². The van der Waals surface area contributed by atoms with E-state index >= 15 is 0 Å². The summed E-state index contributed by atoms with van der Waals surface area (Å²) in [7, 11) is 2.12. The van der Waals surface area contributed by atoms with Crippen LogP contribution < -0.4 is 10.2 Å². The number of benzene rings is 1. The zero-order valence-corrected chi connectivity index (χ0v) is 17.3. The Hall–Kier alpha value is -2.44. The van der Waals surface area contributed by atoms with Crippen molar-refractivity contribution in [2.75, 3.05) is 11.9 Å². The molecule has 5 nitrogen and oxygen atoms in total. The first kappa shape index (κ1) is 18.9. The van der Waals surface area contributed by atoms with Gasteiger partial charge in [-0.3, -0.25) is 4.79 Å². The van der Waals surface area contributed by atoms with Crippen molar-refractivity contribution in [3.8, 4) is 0 Å². The molecule has 1 amide bonds. The summed E-state index contributed by atoms with van der Waals surface area (Å²) in [6.07, 6.45) is 4.93. The van der Waals surface area contributed by atoms with Crippen molar-refractivity contribution in [2.45, 2.75) is 38.8 Å². The van der Waals surface area contributed by atoms with Crippen LogP contribution in [0, 0.1) is 6.92 Å². The molecule has 2 N–H and O–H groups in total. The summed E-state index contributed by atoms with van der Waals surface area (Å²) < 4.78 is 2.23. The van der Waals surface area contributed by atoms with Gasteiger partial charge >= 0.3 is 0 Å². The minimum Gasteiger partial charge on any atom is -0.350 e. The lowest BCUT2D eigenvalue weighted by molar-refractivity contribution is -0.932. The van der Waals surface area contributed by atoms with Gasteiger partial charge in [-0.15, -0.1) is 11.3 Å². The first-order valence-electron chi connectivity index (χ1n) is 9.84. The SMILES string of the molecule is Cc1ccc(NC(=O)Cc2nc(C[NH+]3CCC[C@H]3c3cccn3C)cs2)cc1. The molecule has 1 aliphatic rings. The van der Waals surface area contributed by atoms with E-state index in [1.807, 2.05) is 31.2 Å². The van der Waals surface area contributed by atoms with Gasteiger partial charge in [0.05, 0.1) is 18.7 Å². The Balaban J connectivity index is 1.35. The fourth-order valence-electron chi connectivity index (χ4n) is 4.04. The standard InChI is InChI=1S/C22H26N4OS/c1-16-7-9-17(10-8-16)23-21(27)13-22-24-18(15-28-22)14-26-12-4-6-20(26)19-5-3-11-25(19)2/h3,5,7-11,15,20H,4,6,12-14H2,1-2H3,(H,23,27)/p+1/t20-/m0/s1. The van der Waals surface area contributed by atoms with Crippen molar-refractivity contribution in [3.05, 3.63) is 69.9 Å². The van der Waals surface area contributed by atoms with E-state index in [1.165, 1.54) is 30.6 Å². The minimum absolute atomic E-state index is 0.0139. The molecular formula is C22H27N4OS+. The van der Waals surface area contributed by atoms with Crippen LogP contribution in [-0.2, 0) is 24.8 Å². The Morgan fingerprint density at radius 1 is 1.32 bits per heavy atom. The average Bonchev–Trinajstić information content (AvgIpc) is 3.39. The number of carbonyl (C=O) groups is 1. The zero-order chi connectivity index (χ0) is 19.5. The fraction of sp³-hybridized carbons (Fsp3) is 0.364. The summed E-state index contributed by atoms with van der Waals surface area (Å²) in [4.78, 5) is 18.6. The van der Waals surface area contributed by atoms with Crippen molar-refractivity contribution < 1.29 is 9.69 Å². The molecule has 3 heterocycles. The molecule has 3 aromatic rings. The van der Waals surface area contributed by atoms with Gasteiger partial charge < -0.3 is 14.8 Å². The molecule has 0 saturated carbocycles. The average molecular weight is 396 g/mol. The van der Waals surface area contributed by atoms with E-state index in [0.717, 1.165) is 22.9 Å². The van der Waals surface area contributed by atoms with Crippen LogP contribution in [0.4, 0.5) is 5.69 Å². The van der Waals surface area contributed by atoms with Crippen molar-refractivity contribution in [1.82, 2.24) is 9.55 Å². The number of likely N-dealkylation sites (tertiary alicyclic amines) is 1. The fourth-order valence-corrected chi connectivity index (χ4v) is 4.83. The quantitative estimate of drug-likeness (QED) is 0.674. The number of quaternary nitrogens is 1. The van der Waals surface area contributed by atoms with Crippen molar-refractivity contribution in [1.29, 1.82) is 0 Å². The van der Waals surface area contributed by atoms with Crippen LogP contribution in [0.1, 0.15) is 40.8 Å². The molecule has 6 heteroatoms. The number of hydrogen-bond donors (Lipinski definition) is 2. The van der Waals surface area contributed by atoms with Gasteiger partial charge in [-0.2, -0.15) is 0 Å². The van der Waals surface area contributed by atoms with Gasteiger partial charge in [-0.25, -0.2) is 4.98 Å². The van der Waals surface area contributed by atoms with E-state index in [0.29, 0.717) is 12.5 Å².